The zero-order valence-corrected chi connectivity index (χ0v) is 11.1. The van der Waals surface area contributed by atoms with Crippen molar-refractivity contribution < 1.29 is 14.7 Å². The molecule has 1 aliphatic rings. The number of carbonyl (C=O) groups is 1. The largest absolute Gasteiger partial charge is 0.352 e. The SMILES string of the molecule is CSCC(N)C(=O)NC1CCC(O[N+](=O)[O-])CC1. The van der Waals surface area contributed by atoms with Crippen molar-refractivity contribution in [1.82, 2.24) is 5.32 Å². The second-order valence-electron chi connectivity index (χ2n) is 4.37. The Bertz CT molecular complexity index is 295. The fraction of sp³-hybridized carbons (Fsp3) is 0.900. The Morgan fingerprint density at radius 2 is 2.17 bits per heavy atom. The van der Waals surface area contributed by atoms with Gasteiger partial charge in [-0.1, -0.05) is 0 Å². The number of nitrogens with zero attached hydrogens (tertiary/aromatic N) is 1. The maximum Gasteiger partial charge on any atom is 0.294 e. The van der Waals surface area contributed by atoms with Gasteiger partial charge in [0.05, 0.1) is 6.04 Å². The van der Waals surface area contributed by atoms with Crippen molar-refractivity contribution in [2.75, 3.05) is 12.0 Å². The average Bonchev–Trinajstić information content (AvgIpc) is 2.31. The summed E-state index contributed by atoms with van der Waals surface area (Å²) in [5.74, 6) is 0.439. The van der Waals surface area contributed by atoms with E-state index < -0.39 is 11.1 Å². The van der Waals surface area contributed by atoms with Gasteiger partial charge in [0.15, 0.2) is 0 Å². The number of hydrogen-bond acceptors (Lipinski definition) is 6. The molecule has 7 nitrogen and oxygen atoms in total. The summed E-state index contributed by atoms with van der Waals surface area (Å²) in [4.78, 5) is 26.4. The average molecular weight is 277 g/mol. The van der Waals surface area contributed by atoms with Gasteiger partial charge in [0.25, 0.3) is 5.09 Å². The van der Waals surface area contributed by atoms with Crippen LogP contribution < -0.4 is 11.1 Å². The minimum Gasteiger partial charge on any atom is -0.352 e. The van der Waals surface area contributed by atoms with Gasteiger partial charge in [0.1, 0.15) is 6.10 Å². The Labute approximate surface area is 110 Å². The van der Waals surface area contributed by atoms with Crippen molar-refractivity contribution >= 4 is 17.7 Å². The third-order valence-corrected chi connectivity index (χ3v) is 3.63. The Morgan fingerprint density at radius 1 is 1.56 bits per heavy atom. The van der Waals surface area contributed by atoms with Gasteiger partial charge in [-0.25, -0.2) is 0 Å². The summed E-state index contributed by atoms with van der Waals surface area (Å²) >= 11 is 1.53. The van der Waals surface area contributed by atoms with Gasteiger partial charge in [-0.05, 0) is 31.9 Å². The first-order valence-corrected chi connectivity index (χ1v) is 7.28. The molecule has 0 heterocycles. The molecule has 0 aromatic heterocycles. The maximum atomic E-state index is 11.7. The van der Waals surface area contributed by atoms with E-state index in [2.05, 4.69) is 10.2 Å². The summed E-state index contributed by atoms with van der Waals surface area (Å²) in [6, 6.07) is -0.440. The van der Waals surface area contributed by atoms with Gasteiger partial charge in [-0.15, -0.1) is 10.1 Å². The number of rotatable bonds is 6. The molecule has 1 rings (SSSR count). The molecule has 0 saturated heterocycles. The standard InChI is InChI=1S/C10H19N3O4S/c1-18-6-9(11)10(14)12-7-2-4-8(5-3-7)17-13(15)16/h7-9H,2-6,11H2,1H3,(H,12,14). The lowest BCUT2D eigenvalue weighted by Crippen LogP contribution is -2.48. The van der Waals surface area contributed by atoms with E-state index in [1.165, 1.54) is 11.8 Å². The molecule has 0 aliphatic heterocycles. The highest BCUT2D eigenvalue weighted by Crippen LogP contribution is 2.21. The number of nitrogens with one attached hydrogen (secondary N) is 1. The van der Waals surface area contributed by atoms with Crippen LogP contribution in [0.3, 0.4) is 0 Å². The monoisotopic (exact) mass is 277 g/mol. The number of nitrogens with two attached hydrogens (primary N) is 1. The van der Waals surface area contributed by atoms with E-state index in [1.807, 2.05) is 6.26 Å². The normalized spacial score (nSPS) is 25.2. The van der Waals surface area contributed by atoms with E-state index in [9.17, 15) is 14.9 Å². The fourth-order valence-corrected chi connectivity index (χ4v) is 2.51. The zero-order chi connectivity index (χ0) is 13.5. The quantitative estimate of drug-likeness (QED) is 0.534. The Hall–Kier alpha value is -1.02. The number of thioether (sulfide) groups is 1. The topological polar surface area (TPSA) is 107 Å². The van der Waals surface area contributed by atoms with Crippen molar-refractivity contribution in [2.45, 2.75) is 43.9 Å². The second-order valence-corrected chi connectivity index (χ2v) is 5.28. The van der Waals surface area contributed by atoms with Crippen LogP contribution in [0.25, 0.3) is 0 Å². The van der Waals surface area contributed by atoms with E-state index in [0.717, 1.165) is 0 Å². The summed E-state index contributed by atoms with van der Waals surface area (Å²) in [7, 11) is 0. The molecular weight excluding hydrogens is 258 g/mol. The second kappa shape index (κ2) is 7.42. The summed E-state index contributed by atoms with van der Waals surface area (Å²) in [6.07, 6.45) is 4.11. The first-order chi connectivity index (χ1) is 8.52. The lowest BCUT2D eigenvalue weighted by atomic mass is 9.93. The van der Waals surface area contributed by atoms with Crippen molar-refractivity contribution in [3.05, 3.63) is 10.1 Å². The Morgan fingerprint density at radius 3 is 2.67 bits per heavy atom. The van der Waals surface area contributed by atoms with Crippen LogP contribution in [0.5, 0.6) is 0 Å². The molecule has 3 N–H and O–H groups in total. The van der Waals surface area contributed by atoms with Gasteiger partial charge in [-0.3, -0.25) is 4.79 Å². The van der Waals surface area contributed by atoms with E-state index >= 15 is 0 Å². The predicted molar refractivity (Wildman–Crippen MR) is 68.6 cm³/mol. The number of amides is 1. The molecule has 0 radical (unpaired) electrons. The molecule has 8 heteroatoms. The molecule has 1 unspecified atom stereocenters. The van der Waals surface area contributed by atoms with Gasteiger partial charge in [0, 0.05) is 11.8 Å². The summed E-state index contributed by atoms with van der Waals surface area (Å²) < 4.78 is 0. The molecule has 1 atom stereocenters. The maximum absolute atomic E-state index is 11.7. The van der Waals surface area contributed by atoms with Gasteiger partial charge < -0.3 is 15.9 Å². The summed E-state index contributed by atoms with van der Waals surface area (Å²) in [5.41, 5.74) is 5.69. The van der Waals surface area contributed by atoms with Crippen molar-refractivity contribution in [2.24, 2.45) is 5.73 Å². The van der Waals surface area contributed by atoms with Crippen LogP contribution in [0.1, 0.15) is 25.7 Å². The Kier molecular flexibility index (Phi) is 6.20. The highest BCUT2D eigenvalue weighted by molar-refractivity contribution is 7.98. The molecule has 1 amide bonds. The molecule has 0 bridgehead atoms. The van der Waals surface area contributed by atoms with E-state index in [4.69, 9.17) is 5.73 Å². The molecule has 104 valence electrons. The Balaban J connectivity index is 2.26. The van der Waals surface area contributed by atoms with E-state index in [-0.39, 0.29) is 18.1 Å². The molecule has 0 aromatic rings. The summed E-state index contributed by atoms with van der Waals surface area (Å²) in [5, 5.41) is 12.3. The van der Waals surface area contributed by atoms with Crippen LogP contribution in [0, 0.1) is 10.1 Å². The molecule has 18 heavy (non-hydrogen) atoms. The van der Waals surface area contributed by atoms with E-state index in [1.54, 1.807) is 0 Å². The van der Waals surface area contributed by atoms with Crippen LogP contribution in [0.4, 0.5) is 0 Å². The van der Waals surface area contributed by atoms with Crippen molar-refractivity contribution in [1.29, 1.82) is 0 Å². The van der Waals surface area contributed by atoms with Crippen molar-refractivity contribution in [3.63, 3.8) is 0 Å². The first-order valence-electron chi connectivity index (χ1n) is 5.89. The van der Waals surface area contributed by atoms with Crippen molar-refractivity contribution in [3.8, 4) is 0 Å². The molecule has 1 fully saturated rings. The van der Waals surface area contributed by atoms with Crippen LogP contribution >= 0.6 is 11.8 Å². The highest BCUT2D eigenvalue weighted by Gasteiger charge is 2.25. The van der Waals surface area contributed by atoms with Crippen LogP contribution in [-0.4, -0.2) is 41.2 Å². The van der Waals surface area contributed by atoms with Crippen LogP contribution in [0.15, 0.2) is 0 Å². The third kappa shape index (κ3) is 5.09. The number of carbonyl (C=O) groups excluding carboxylic acids is 1. The van der Waals surface area contributed by atoms with Gasteiger partial charge in [0.2, 0.25) is 5.91 Å². The molecular formula is C10H19N3O4S. The van der Waals surface area contributed by atoms with Gasteiger partial charge >= 0.3 is 0 Å². The third-order valence-electron chi connectivity index (χ3n) is 2.94. The highest BCUT2D eigenvalue weighted by atomic mass is 32.2. The molecule has 0 spiro atoms. The predicted octanol–water partition coefficient (Wildman–Crippen LogP) is 0.312. The smallest absolute Gasteiger partial charge is 0.294 e. The zero-order valence-electron chi connectivity index (χ0n) is 10.3. The van der Waals surface area contributed by atoms with E-state index in [0.29, 0.717) is 31.4 Å². The van der Waals surface area contributed by atoms with Crippen LogP contribution in [0.2, 0.25) is 0 Å². The lowest BCUT2D eigenvalue weighted by molar-refractivity contribution is -0.769. The number of hydrogen-bond donors (Lipinski definition) is 2. The van der Waals surface area contributed by atoms with Crippen LogP contribution in [-0.2, 0) is 9.63 Å². The first kappa shape index (κ1) is 15.0. The molecule has 1 aliphatic carbocycles. The molecule has 0 aromatic carbocycles. The molecule has 1 saturated carbocycles. The summed E-state index contributed by atoms with van der Waals surface area (Å²) in [6.45, 7) is 0. The fourth-order valence-electron chi connectivity index (χ4n) is 2.00. The lowest BCUT2D eigenvalue weighted by Gasteiger charge is -2.28. The minimum absolute atomic E-state index is 0.0528. The minimum atomic E-state index is -0.752. The van der Waals surface area contributed by atoms with Gasteiger partial charge in [-0.2, -0.15) is 11.8 Å².